The quantitative estimate of drug-likeness (QED) is 0.784. The highest BCUT2D eigenvalue weighted by molar-refractivity contribution is 7.91. The lowest BCUT2D eigenvalue weighted by Gasteiger charge is -2.19. The van der Waals surface area contributed by atoms with Gasteiger partial charge in [0.2, 0.25) is 0 Å². The molecule has 0 aromatic carbocycles. The third-order valence-corrected chi connectivity index (χ3v) is 4.70. The smallest absolute Gasteiger partial charge is 0.151 e. The maximum Gasteiger partial charge on any atom is 0.151 e. The van der Waals surface area contributed by atoms with Crippen LogP contribution in [0.4, 0.5) is 0 Å². The molecule has 1 fully saturated rings. The van der Waals surface area contributed by atoms with E-state index in [0.29, 0.717) is 17.5 Å². The molecule has 3 nitrogen and oxygen atoms in total. The van der Waals surface area contributed by atoms with Crippen LogP contribution < -0.4 is 5.32 Å². The zero-order valence-electron chi connectivity index (χ0n) is 9.99. The first-order chi connectivity index (χ1) is 6.89. The molecule has 0 radical (unpaired) electrons. The van der Waals surface area contributed by atoms with Gasteiger partial charge in [-0.15, -0.1) is 0 Å². The van der Waals surface area contributed by atoms with Crippen LogP contribution in [-0.2, 0) is 9.84 Å². The largest absolute Gasteiger partial charge is 0.310 e. The Kier molecular flexibility index (Phi) is 4.59. The molecule has 4 heteroatoms. The molecule has 0 aromatic heterocycles. The fraction of sp³-hybridized carbons (Fsp3) is 1.00. The van der Waals surface area contributed by atoms with Crippen molar-refractivity contribution < 1.29 is 8.42 Å². The van der Waals surface area contributed by atoms with Crippen molar-refractivity contribution in [1.82, 2.24) is 5.32 Å². The molecule has 1 aliphatic heterocycles. The van der Waals surface area contributed by atoms with Crippen molar-refractivity contribution in [3.63, 3.8) is 0 Å². The van der Waals surface area contributed by atoms with Gasteiger partial charge < -0.3 is 5.32 Å². The monoisotopic (exact) mass is 233 g/mol. The van der Waals surface area contributed by atoms with Crippen molar-refractivity contribution in [3.05, 3.63) is 0 Å². The van der Waals surface area contributed by atoms with Crippen LogP contribution in [0.2, 0.25) is 0 Å². The Morgan fingerprint density at radius 2 is 1.93 bits per heavy atom. The van der Waals surface area contributed by atoms with Gasteiger partial charge >= 0.3 is 0 Å². The second-order valence-corrected chi connectivity index (χ2v) is 7.37. The highest BCUT2D eigenvalue weighted by Gasteiger charge is 2.28. The molecule has 1 aliphatic rings. The van der Waals surface area contributed by atoms with Crippen LogP contribution in [0.25, 0.3) is 0 Å². The average molecular weight is 233 g/mol. The summed E-state index contributed by atoms with van der Waals surface area (Å²) in [6, 6.07) is 0.628. The van der Waals surface area contributed by atoms with Gasteiger partial charge in [-0.05, 0) is 32.1 Å². The summed E-state index contributed by atoms with van der Waals surface area (Å²) < 4.78 is 22.5. The van der Waals surface area contributed by atoms with Crippen LogP contribution in [0.1, 0.15) is 40.0 Å². The Morgan fingerprint density at radius 1 is 1.27 bits per heavy atom. The van der Waals surface area contributed by atoms with Gasteiger partial charge in [0.05, 0.1) is 11.5 Å². The lowest BCUT2D eigenvalue weighted by atomic mass is 10.0. The highest BCUT2D eigenvalue weighted by Crippen LogP contribution is 2.14. The number of hydrogen-bond donors (Lipinski definition) is 1. The van der Waals surface area contributed by atoms with E-state index in [1.165, 1.54) is 6.42 Å². The third-order valence-electron chi connectivity index (χ3n) is 2.93. The molecule has 0 spiro atoms. The summed E-state index contributed by atoms with van der Waals surface area (Å²) in [7, 11) is -2.73. The molecular formula is C11H23NO2S. The van der Waals surface area contributed by atoms with Gasteiger partial charge in [0, 0.05) is 12.1 Å². The number of sulfone groups is 1. The van der Waals surface area contributed by atoms with E-state index in [0.717, 1.165) is 18.8 Å². The zero-order valence-corrected chi connectivity index (χ0v) is 10.8. The highest BCUT2D eigenvalue weighted by atomic mass is 32.2. The topological polar surface area (TPSA) is 46.2 Å². The summed E-state index contributed by atoms with van der Waals surface area (Å²) in [4.78, 5) is 0. The Morgan fingerprint density at radius 3 is 2.40 bits per heavy atom. The maximum atomic E-state index is 11.2. The number of rotatable bonds is 5. The molecule has 0 amide bonds. The lowest BCUT2D eigenvalue weighted by molar-refractivity contribution is 0.414. The predicted molar refractivity (Wildman–Crippen MR) is 63.7 cm³/mol. The van der Waals surface area contributed by atoms with Crippen molar-refractivity contribution in [2.45, 2.75) is 52.1 Å². The molecule has 0 bridgehead atoms. The Balaban J connectivity index is 2.24. The first-order valence-corrected chi connectivity index (χ1v) is 7.67. The van der Waals surface area contributed by atoms with Crippen molar-refractivity contribution in [2.24, 2.45) is 5.92 Å². The minimum absolute atomic E-state index is 0.192. The van der Waals surface area contributed by atoms with Crippen molar-refractivity contribution in [2.75, 3.05) is 11.5 Å². The van der Waals surface area contributed by atoms with E-state index in [1.807, 2.05) is 0 Å². The summed E-state index contributed by atoms with van der Waals surface area (Å²) in [5, 5.41) is 3.41. The van der Waals surface area contributed by atoms with Gasteiger partial charge in [-0.1, -0.05) is 13.8 Å². The zero-order chi connectivity index (χ0) is 11.5. The van der Waals surface area contributed by atoms with Gasteiger partial charge in [0.25, 0.3) is 0 Å². The molecule has 2 atom stereocenters. The number of hydrogen-bond acceptors (Lipinski definition) is 3. The Labute approximate surface area is 93.6 Å². The normalized spacial score (nSPS) is 27.1. The van der Waals surface area contributed by atoms with E-state index < -0.39 is 9.84 Å². The molecule has 1 rings (SSSR count). The predicted octanol–water partition coefficient (Wildman–Crippen LogP) is 1.59. The standard InChI is InChI=1S/C11H23NO2S/c1-9(2)4-5-10(3)12-11-6-7-15(13,14)8-11/h9-12H,4-8H2,1-3H3. The summed E-state index contributed by atoms with van der Waals surface area (Å²) in [6.45, 7) is 6.58. The van der Waals surface area contributed by atoms with E-state index in [1.54, 1.807) is 0 Å². The van der Waals surface area contributed by atoms with Crippen LogP contribution in [0.5, 0.6) is 0 Å². The van der Waals surface area contributed by atoms with Crippen LogP contribution in [0.15, 0.2) is 0 Å². The van der Waals surface area contributed by atoms with E-state index in [9.17, 15) is 8.42 Å². The SMILES string of the molecule is CC(C)CCC(C)NC1CCS(=O)(=O)C1. The number of nitrogens with one attached hydrogen (secondary N) is 1. The molecule has 0 aromatic rings. The molecule has 0 saturated carbocycles. The molecule has 1 heterocycles. The molecule has 15 heavy (non-hydrogen) atoms. The van der Waals surface area contributed by atoms with Crippen LogP contribution >= 0.6 is 0 Å². The van der Waals surface area contributed by atoms with E-state index in [2.05, 4.69) is 26.1 Å². The first-order valence-electron chi connectivity index (χ1n) is 5.85. The summed E-state index contributed by atoms with van der Waals surface area (Å²) >= 11 is 0. The molecule has 2 unspecified atom stereocenters. The summed E-state index contributed by atoms with van der Waals surface area (Å²) in [6.07, 6.45) is 3.12. The van der Waals surface area contributed by atoms with Gasteiger partial charge in [0.1, 0.15) is 0 Å². The van der Waals surface area contributed by atoms with Crippen LogP contribution in [-0.4, -0.2) is 32.0 Å². The van der Waals surface area contributed by atoms with Crippen LogP contribution in [0, 0.1) is 5.92 Å². The summed E-state index contributed by atoms with van der Waals surface area (Å²) in [5.74, 6) is 1.42. The third kappa shape index (κ3) is 4.98. The Hall–Kier alpha value is -0.0900. The molecule has 90 valence electrons. The lowest BCUT2D eigenvalue weighted by Crippen LogP contribution is -2.37. The van der Waals surface area contributed by atoms with E-state index in [-0.39, 0.29) is 6.04 Å². The summed E-state index contributed by atoms with van der Waals surface area (Å²) in [5.41, 5.74) is 0. The van der Waals surface area contributed by atoms with E-state index >= 15 is 0 Å². The molecule has 0 aliphatic carbocycles. The first kappa shape index (κ1) is 13.0. The second kappa shape index (κ2) is 5.30. The van der Waals surface area contributed by atoms with E-state index in [4.69, 9.17) is 0 Å². The average Bonchev–Trinajstić information content (AvgIpc) is 2.42. The molecular weight excluding hydrogens is 210 g/mol. The Bertz CT molecular complexity index is 285. The fourth-order valence-corrected chi connectivity index (χ4v) is 3.68. The maximum absolute atomic E-state index is 11.2. The molecule has 1 saturated heterocycles. The van der Waals surface area contributed by atoms with Gasteiger partial charge in [-0.3, -0.25) is 0 Å². The van der Waals surface area contributed by atoms with Crippen molar-refractivity contribution in [1.29, 1.82) is 0 Å². The van der Waals surface area contributed by atoms with Gasteiger partial charge in [-0.25, -0.2) is 8.42 Å². The van der Waals surface area contributed by atoms with Gasteiger partial charge in [-0.2, -0.15) is 0 Å². The van der Waals surface area contributed by atoms with Crippen LogP contribution in [0.3, 0.4) is 0 Å². The van der Waals surface area contributed by atoms with Crippen molar-refractivity contribution >= 4 is 9.84 Å². The molecule has 1 N–H and O–H groups in total. The fourth-order valence-electron chi connectivity index (χ4n) is 2.00. The second-order valence-electron chi connectivity index (χ2n) is 5.14. The van der Waals surface area contributed by atoms with Gasteiger partial charge in [0.15, 0.2) is 9.84 Å². The van der Waals surface area contributed by atoms with Crippen molar-refractivity contribution in [3.8, 4) is 0 Å². The minimum Gasteiger partial charge on any atom is -0.310 e. The minimum atomic E-state index is -2.73.